The van der Waals surface area contributed by atoms with E-state index in [1.165, 1.54) is 25.7 Å². The van der Waals surface area contributed by atoms with Crippen molar-refractivity contribution in [2.45, 2.75) is 97.2 Å². The van der Waals surface area contributed by atoms with Gasteiger partial charge >= 0.3 is 0 Å². The summed E-state index contributed by atoms with van der Waals surface area (Å²) in [7, 11) is 0. The lowest BCUT2D eigenvalue weighted by atomic mass is 9.43. The fraction of sp³-hybridized carbons (Fsp3) is 0.958. The molecule has 0 aromatic heterocycles. The van der Waals surface area contributed by atoms with E-state index in [9.17, 15) is 15.0 Å². The minimum absolute atomic E-state index is 0.157. The molecule has 0 heterocycles. The standard InChI is InChI=1S/C24H40O3/c1-15(5-4-12-25)18-6-7-19-22-20(9-11-24(18,19)3)23(2)10-8-17(26)13-16(23)14-21(22)27/h12,15-22,26-27H,4-11,13-14H2,1-3H3/t15-,16+,17-,18-,19?,20?,21-,22+,23+,24-/m1/s1. The van der Waals surface area contributed by atoms with Crippen LogP contribution in [0.2, 0.25) is 0 Å². The zero-order valence-electron chi connectivity index (χ0n) is 17.6. The van der Waals surface area contributed by atoms with Crippen LogP contribution in [0.25, 0.3) is 0 Å². The van der Waals surface area contributed by atoms with E-state index in [0.717, 1.165) is 38.4 Å². The summed E-state index contributed by atoms with van der Waals surface area (Å²) in [4.78, 5) is 10.9. The SMILES string of the molecule is C[C@H](CCC=O)[C@H]1CCC2[C@H]3C(CC[C@@]21C)[C@@]1(C)CC[C@@H](O)C[C@H]1C[C@H]3O. The normalized spacial score (nSPS) is 53.1. The Kier molecular flexibility index (Phi) is 5.25. The van der Waals surface area contributed by atoms with Gasteiger partial charge in [-0.3, -0.25) is 0 Å². The predicted molar refractivity (Wildman–Crippen MR) is 107 cm³/mol. The molecule has 4 fully saturated rings. The first kappa shape index (κ1) is 19.9. The molecule has 4 aliphatic carbocycles. The van der Waals surface area contributed by atoms with Gasteiger partial charge in [0.2, 0.25) is 0 Å². The molecule has 0 saturated heterocycles. The van der Waals surface area contributed by atoms with Crippen LogP contribution in [0.5, 0.6) is 0 Å². The molecule has 4 rings (SSSR count). The maximum absolute atomic E-state index is 11.2. The summed E-state index contributed by atoms with van der Waals surface area (Å²) in [5.74, 6) is 3.51. The summed E-state index contributed by atoms with van der Waals surface area (Å²) in [6, 6.07) is 0. The molecule has 154 valence electrons. The highest BCUT2D eigenvalue weighted by Gasteiger charge is 2.62. The molecule has 0 spiro atoms. The number of rotatable bonds is 4. The van der Waals surface area contributed by atoms with E-state index in [1.54, 1.807) is 0 Å². The maximum atomic E-state index is 11.2. The van der Waals surface area contributed by atoms with Crippen LogP contribution in [0.4, 0.5) is 0 Å². The highest BCUT2D eigenvalue weighted by Crippen LogP contribution is 2.68. The van der Waals surface area contributed by atoms with Crippen LogP contribution in [-0.2, 0) is 4.79 Å². The maximum Gasteiger partial charge on any atom is 0.120 e. The first-order chi connectivity index (χ1) is 12.8. The Morgan fingerprint density at radius 2 is 1.70 bits per heavy atom. The quantitative estimate of drug-likeness (QED) is 0.706. The molecule has 27 heavy (non-hydrogen) atoms. The van der Waals surface area contributed by atoms with Crippen molar-refractivity contribution >= 4 is 6.29 Å². The Hall–Kier alpha value is -0.410. The predicted octanol–water partition coefficient (Wildman–Crippen LogP) is 4.59. The van der Waals surface area contributed by atoms with Gasteiger partial charge in [0.05, 0.1) is 12.2 Å². The molecule has 10 atom stereocenters. The van der Waals surface area contributed by atoms with Crippen LogP contribution in [0.15, 0.2) is 0 Å². The third kappa shape index (κ3) is 3.03. The number of aldehydes is 1. The lowest BCUT2D eigenvalue weighted by molar-refractivity contribution is -0.174. The van der Waals surface area contributed by atoms with Crippen LogP contribution in [0.1, 0.15) is 85.0 Å². The van der Waals surface area contributed by atoms with Gasteiger partial charge in [-0.25, -0.2) is 0 Å². The van der Waals surface area contributed by atoms with Crippen molar-refractivity contribution < 1.29 is 15.0 Å². The number of aliphatic hydroxyl groups is 2. The van der Waals surface area contributed by atoms with Gasteiger partial charge in [0.1, 0.15) is 6.29 Å². The average Bonchev–Trinajstić information content (AvgIpc) is 2.98. The van der Waals surface area contributed by atoms with Crippen LogP contribution in [-0.4, -0.2) is 28.7 Å². The Balaban J connectivity index is 1.58. The highest BCUT2D eigenvalue weighted by atomic mass is 16.3. The second-order valence-corrected chi connectivity index (χ2v) is 11.2. The van der Waals surface area contributed by atoms with E-state index in [0.29, 0.717) is 52.8 Å². The van der Waals surface area contributed by atoms with Gasteiger partial charge in [0.15, 0.2) is 0 Å². The largest absolute Gasteiger partial charge is 0.393 e. The van der Waals surface area contributed by atoms with Gasteiger partial charge in [0, 0.05) is 6.42 Å². The van der Waals surface area contributed by atoms with E-state index < -0.39 is 0 Å². The second-order valence-electron chi connectivity index (χ2n) is 11.2. The van der Waals surface area contributed by atoms with Gasteiger partial charge in [-0.2, -0.15) is 0 Å². The van der Waals surface area contributed by atoms with Crippen LogP contribution in [0.3, 0.4) is 0 Å². The molecule has 2 unspecified atom stereocenters. The molecule has 0 amide bonds. The minimum Gasteiger partial charge on any atom is -0.393 e. The monoisotopic (exact) mass is 376 g/mol. The van der Waals surface area contributed by atoms with Crippen molar-refractivity contribution in [2.24, 2.45) is 46.3 Å². The molecule has 2 N–H and O–H groups in total. The third-order valence-electron chi connectivity index (χ3n) is 10.2. The van der Waals surface area contributed by atoms with E-state index >= 15 is 0 Å². The van der Waals surface area contributed by atoms with Crippen LogP contribution in [0, 0.1) is 46.3 Å². The fourth-order valence-corrected chi connectivity index (χ4v) is 8.71. The number of carbonyl (C=O) groups is 1. The number of hydrogen-bond donors (Lipinski definition) is 2. The molecule has 0 aromatic carbocycles. The molecular weight excluding hydrogens is 336 g/mol. The molecule has 0 aliphatic heterocycles. The smallest absolute Gasteiger partial charge is 0.120 e. The lowest BCUT2D eigenvalue weighted by Gasteiger charge is -2.62. The van der Waals surface area contributed by atoms with E-state index in [1.807, 2.05) is 0 Å². The van der Waals surface area contributed by atoms with E-state index in [4.69, 9.17) is 0 Å². The van der Waals surface area contributed by atoms with Crippen LogP contribution < -0.4 is 0 Å². The summed E-state index contributed by atoms with van der Waals surface area (Å²) in [6.45, 7) is 7.34. The number of carbonyl (C=O) groups excluding carboxylic acids is 1. The van der Waals surface area contributed by atoms with Crippen molar-refractivity contribution in [1.29, 1.82) is 0 Å². The molecule has 0 bridgehead atoms. The first-order valence-electron chi connectivity index (χ1n) is 11.6. The van der Waals surface area contributed by atoms with Gasteiger partial charge in [-0.15, -0.1) is 0 Å². The van der Waals surface area contributed by atoms with E-state index in [-0.39, 0.29) is 12.2 Å². The molecule has 0 aromatic rings. The molecule has 4 aliphatic rings. The summed E-state index contributed by atoms with van der Waals surface area (Å²) in [5, 5.41) is 21.4. The first-order valence-corrected chi connectivity index (χ1v) is 11.6. The average molecular weight is 377 g/mol. The van der Waals surface area contributed by atoms with Crippen molar-refractivity contribution in [3.05, 3.63) is 0 Å². The van der Waals surface area contributed by atoms with Gasteiger partial charge in [-0.1, -0.05) is 20.8 Å². The van der Waals surface area contributed by atoms with Crippen LogP contribution >= 0.6 is 0 Å². The third-order valence-corrected chi connectivity index (χ3v) is 10.2. The van der Waals surface area contributed by atoms with Crippen molar-refractivity contribution in [3.63, 3.8) is 0 Å². The summed E-state index contributed by atoms with van der Waals surface area (Å²) in [6.07, 6.45) is 11.4. The summed E-state index contributed by atoms with van der Waals surface area (Å²) in [5.41, 5.74) is 0.646. The molecule has 3 nitrogen and oxygen atoms in total. The fourth-order valence-electron chi connectivity index (χ4n) is 8.71. The Morgan fingerprint density at radius 1 is 1.00 bits per heavy atom. The van der Waals surface area contributed by atoms with Crippen molar-refractivity contribution in [2.75, 3.05) is 0 Å². The zero-order valence-corrected chi connectivity index (χ0v) is 17.6. The molecule has 0 radical (unpaired) electrons. The number of aliphatic hydroxyl groups excluding tert-OH is 2. The molecular formula is C24H40O3. The second kappa shape index (κ2) is 7.13. The Morgan fingerprint density at radius 3 is 2.44 bits per heavy atom. The zero-order chi connectivity index (χ0) is 19.4. The number of fused-ring (bicyclic) bond motifs is 5. The lowest BCUT2D eigenvalue weighted by Crippen LogP contribution is -2.58. The van der Waals surface area contributed by atoms with Gasteiger partial charge in [0.25, 0.3) is 0 Å². The van der Waals surface area contributed by atoms with E-state index in [2.05, 4.69) is 20.8 Å². The topological polar surface area (TPSA) is 57.5 Å². The highest BCUT2D eigenvalue weighted by molar-refractivity contribution is 5.49. The summed E-state index contributed by atoms with van der Waals surface area (Å²) >= 11 is 0. The van der Waals surface area contributed by atoms with Gasteiger partial charge < -0.3 is 15.0 Å². The number of hydrogen-bond acceptors (Lipinski definition) is 3. The summed E-state index contributed by atoms with van der Waals surface area (Å²) < 4.78 is 0. The Labute approximate surface area is 165 Å². The van der Waals surface area contributed by atoms with Crippen molar-refractivity contribution in [3.8, 4) is 0 Å². The molecule has 4 saturated carbocycles. The minimum atomic E-state index is -0.188. The molecule has 3 heteroatoms. The Bertz CT molecular complexity index is 562. The van der Waals surface area contributed by atoms with Gasteiger partial charge in [-0.05, 0) is 104 Å². The van der Waals surface area contributed by atoms with Crippen molar-refractivity contribution in [1.82, 2.24) is 0 Å².